The van der Waals surface area contributed by atoms with E-state index in [1.807, 2.05) is 6.92 Å². The van der Waals surface area contributed by atoms with Crippen LogP contribution in [0.25, 0.3) is 0 Å². The molecule has 1 heterocycles. The van der Waals surface area contributed by atoms with Crippen molar-refractivity contribution in [1.29, 1.82) is 0 Å². The van der Waals surface area contributed by atoms with Crippen LogP contribution in [-0.2, 0) is 14.8 Å². The van der Waals surface area contributed by atoms with E-state index in [9.17, 15) is 18.3 Å². The summed E-state index contributed by atoms with van der Waals surface area (Å²) >= 11 is 0. The smallest absolute Gasteiger partial charge is 0.322 e. The van der Waals surface area contributed by atoms with E-state index >= 15 is 0 Å². The molecule has 0 aromatic rings. The Labute approximate surface area is 121 Å². The quantitative estimate of drug-likeness (QED) is 0.863. The van der Waals surface area contributed by atoms with Crippen molar-refractivity contribution in [2.45, 2.75) is 57.9 Å². The van der Waals surface area contributed by atoms with Crippen molar-refractivity contribution < 1.29 is 18.3 Å². The fraction of sp³-hybridized carbons (Fsp3) is 0.929. The summed E-state index contributed by atoms with van der Waals surface area (Å²) in [5, 5.41) is 9.34. The minimum atomic E-state index is -3.46. The van der Waals surface area contributed by atoms with Gasteiger partial charge in [0.15, 0.2) is 0 Å². The fourth-order valence-corrected chi connectivity index (χ4v) is 5.75. The predicted octanol–water partition coefficient (Wildman–Crippen LogP) is 2.08. The topological polar surface area (TPSA) is 74.7 Å². The number of piperidine rings is 1. The van der Waals surface area contributed by atoms with Gasteiger partial charge in [0.05, 0.1) is 5.75 Å². The molecule has 5 nitrogen and oxygen atoms in total. The molecule has 1 aliphatic carbocycles. The zero-order chi connectivity index (χ0) is 14.8. The normalized spacial score (nSPS) is 30.2. The molecule has 1 aliphatic heterocycles. The molecular weight excluding hydrogens is 278 g/mol. The third-order valence-electron chi connectivity index (χ3n) is 4.67. The zero-order valence-electron chi connectivity index (χ0n) is 12.1. The first-order valence-electron chi connectivity index (χ1n) is 7.64. The summed E-state index contributed by atoms with van der Waals surface area (Å²) in [6, 6.07) is -0.877. The van der Waals surface area contributed by atoms with Crippen LogP contribution in [0.2, 0.25) is 0 Å². The highest BCUT2D eigenvalue weighted by Crippen LogP contribution is 2.30. The average Bonchev–Trinajstić information content (AvgIpc) is 2.38. The molecule has 0 spiro atoms. The van der Waals surface area contributed by atoms with Crippen LogP contribution < -0.4 is 0 Å². The second kappa shape index (κ2) is 6.43. The molecule has 2 unspecified atom stereocenters. The molecule has 1 saturated heterocycles. The Balaban J connectivity index is 2.11. The SMILES string of the molecule is CC1CCCN(S(=O)(=O)CC2CCCCC2)C1C(=O)O. The lowest BCUT2D eigenvalue weighted by atomic mass is 9.91. The fourth-order valence-electron chi connectivity index (χ4n) is 3.58. The van der Waals surface area contributed by atoms with Gasteiger partial charge in [0.1, 0.15) is 6.04 Å². The number of hydrogen-bond donors (Lipinski definition) is 1. The van der Waals surface area contributed by atoms with E-state index in [1.54, 1.807) is 0 Å². The minimum Gasteiger partial charge on any atom is -0.480 e. The molecule has 2 aliphatic rings. The summed E-state index contributed by atoms with van der Waals surface area (Å²) in [6.07, 6.45) is 6.84. The van der Waals surface area contributed by atoms with E-state index in [2.05, 4.69) is 0 Å². The number of aliphatic carboxylic acids is 1. The highest BCUT2D eigenvalue weighted by molar-refractivity contribution is 7.89. The monoisotopic (exact) mass is 303 g/mol. The van der Waals surface area contributed by atoms with Crippen molar-refractivity contribution in [3.8, 4) is 0 Å². The first-order chi connectivity index (χ1) is 9.42. The van der Waals surface area contributed by atoms with Crippen LogP contribution in [0.1, 0.15) is 51.9 Å². The summed E-state index contributed by atoms with van der Waals surface area (Å²) in [4.78, 5) is 11.4. The van der Waals surface area contributed by atoms with E-state index in [1.165, 1.54) is 10.7 Å². The lowest BCUT2D eigenvalue weighted by molar-refractivity contribution is -0.144. The van der Waals surface area contributed by atoms with E-state index in [0.29, 0.717) is 6.54 Å². The number of sulfonamides is 1. The van der Waals surface area contributed by atoms with E-state index in [0.717, 1.165) is 38.5 Å². The standard InChI is InChI=1S/C14H25NO4S/c1-11-6-5-9-15(13(11)14(16)17)20(18,19)10-12-7-3-2-4-8-12/h11-13H,2-10H2,1H3,(H,16,17). The van der Waals surface area contributed by atoms with Crippen LogP contribution >= 0.6 is 0 Å². The number of hydrogen-bond acceptors (Lipinski definition) is 3. The highest BCUT2D eigenvalue weighted by atomic mass is 32.2. The lowest BCUT2D eigenvalue weighted by Crippen LogP contribution is -2.53. The van der Waals surface area contributed by atoms with Gasteiger partial charge in [-0.1, -0.05) is 26.2 Å². The Morgan fingerprint density at radius 2 is 1.80 bits per heavy atom. The van der Waals surface area contributed by atoms with Gasteiger partial charge < -0.3 is 5.11 Å². The largest absolute Gasteiger partial charge is 0.480 e. The molecule has 0 aromatic carbocycles. The predicted molar refractivity (Wildman–Crippen MR) is 76.9 cm³/mol. The van der Waals surface area contributed by atoms with Gasteiger partial charge in [-0.15, -0.1) is 0 Å². The number of rotatable bonds is 4. The lowest BCUT2D eigenvalue weighted by Gasteiger charge is -2.37. The first kappa shape index (κ1) is 15.8. The second-order valence-electron chi connectivity index (χ2n) is 6.30. The number of carbonyl (C=O) groups is 1. The van der Waals surface area contributed by atoms with Crippen LogP contribution in [-0.4, -0.2) is 42.1 Å². The van der Waals surface area contributed by atoms with Crippen LogP contribution in [0.3, 0.4) is 0 Å². The highest BCUT2D eigenvalue weighted by Gasteiger charge is 2.41. The Morgan fingerprint density at radius 1 is 1.15 bits per heavy atom. The molecule has 1 saturated carbocycles. The van der Waals surface area contributed by atoms with Crippen LogP contribution in [0.5, 0.6) is 0 Å². The van der Waals surface area contributed by atoms with Crippen LogP contribution in [0.15, 0.2) is 0 Å². The summed E-state index contributed by atoms with van der Waals surface area (Å²) in [5.41, 5.74) is 0. The number of nitrogens with zero attached hydrogens (tertiary/aromatic N) is 1. The van der Waals surface area contributed by atoms with E-state index in [-0.39, 0.29) is 17.6 Å². The molecule has 0 aromatic heterocycles. The zero-order valence-corrected chi connectivity index (χ0v) is 12.9. The van der Waals surface area contributed by atoms with Crippen molar-refractivity contribution in [2.24, 2.45) is 11.8 Å². The molecule has 6 heteroatoms. The summed E-state index contributed by atoms with van der Waals surface area (Å²) in [5.74, 6) is -0.782. The Hall–Kier alpha value is -0.620. The molecule has 2 rings (SSSR count). The van der Waals surface area contributed by atoms with Gasteiger partial charge in [0.25, 0.3) is 0 Å². The van der Waals surface area contributed by atoms with Gasteiger partial charge in [-0.25, -0.2) is 8.42 Å². The van der Waals surface area contributed by atoms with Crippen molar-refractivity contribution >= 4 is 16.0 Å². The molecule has 1 N–H and O–H groups in total. The van der Waals surface area contributed by atoms with Gasteiger partial charge >= 0.3 is 5.97 Å². The molecule has 2 fully saturated rings. The molecule has 2 atom stereocenters. The van der Waals surface area contributed by atoms with Gasteiger partial charge in [0.2, 0.25) is 10.0 Å². The Kier molecular flexibility index (Phi) is 5.07. The first-order valence-corrected chi connectivity index (χ1v) is 9.25. The minimum absolute atomic E-state index is 0.109. The maximum atomic E-state index is 12.6. The number of carboxylic acids is 1. The summed E-state index contributed by atoms with van der Waals surface area (Å²) in [7, 11) is -3.46. The number of carboxylic acid groups (broad SMARTS) is 1. The Morgan fingerprint density at radius 3 is 2.40 bits per heavy atom. The van der Waals surface area contributed by atoms with Gasteiger partial charge in [-0.3, -0.25) is 4.79 Å². The average molecular weight is 303 g/mol. The molecule has 0 radical (unpaired) electrons. The third kappa shape index (κ3) is 3.52. The van der Waals surface area contributed by atoms with Crippen molar-refractivity contribution in [3.05, 3.63) is 0 Å². The Bertz CT molecular complexity index is 442. The van der Waals surface area contributed by atoms with E-state index < -0.39 is 22.0 Å². The van der Waals surface area contributed by atoms with E-state index in [4.69, 9.17) is 0 Å². The third-order valence-corrected chi connectivity index (χ3v) is 6.69. The second-order valence-corrected chi connectivity index (χ2v) is 8.26. The maximum absolute atomic E-state index is 12.6. The molecule has 0 bridgehead atoms. The van der Waals surface area contributed by atoms with Crippen LogP contribution in [0, 0.1) is 11.8 Å². The van der Waals surface area contributed by atoms with Crippen molar-refractivity contribution in [3.63, 3.8) is 0 Å². The summed E-state index contributed by atoms with van der Waals surface area (Å²) < 4.78 is 26.4. The molecule has 0 amide bonds. The van der Waals surface area contributed by atoms with Gasteiger partial charge in [0, 0.05) is 6.54 Å². The van der Waals surface area contributed by atoms with Gasteiger partial charge in [-0.05, 0) is 37.5 Å². The van der Waals surface area contributed by atoms with Crippen LogP contribution in [0.4, 0.5) is 0 Å². The molecule has 20 heavy (non-hydrogen) atoms. The summed E-state index contributed by atoms with van der Waals surface area (Å²) in [6.45, 7) is 2.19. The van der Waals surface area contributed by atoms with Crippen molar-refractivity contribution in [1.82, 2.24) is 4.31 Å². The van der Waals surface area contributed by atoms with Crippen molar-refractivity contribution in [2.75, 3.05) is 12.3 Å². The van der Waals surface area contributed by atoms with Gasteiger partial charge in [-0.2, -0.15) is 4.31 Å². The maximum Gasteiger partial charge on any atom is 0.322 e. The molecule has 116 valence electrons. The molecular formula is C14H25NO4S.